The number of amides is 4. The van der Waals surface area contributed by atoms with Gasteiger partial charge in [0.2, 0.25) is 17.6 Å². The van der Waals surface area contributed by atoms with E-state index in [1.165, 1.54) is 12.1 Å². The van der Waals surface area contributed by atoms with Crippen molar-refractivity contribution in [3.8, 4) is 11.5 Å². The van der Waals surface area contributed by atoms with Gasteiger partial charge in [-0.25, -0.2) is 0 Å². The number of halogens is 2. The number of hydrogen-bond donors (Lipinski definition) is 4. The van der Waals surface area contributed by atoms with Gasteiger partial charge in [0.05, 0.1) is 6.04 Å². The number of rotatable bonds is 10. The summed E-state index contributed by atoms with van der Waals surface area (Å²) in [6.45, 7) is 5.56. The summed E-state index contributed by atoms with van der Waals surface area (Å²) in [5, 5.41) is 10.6. The second kappa shape index (κ2) is 12.6. The van der Waals surface area contributed by atoms with Crippen molar-refractivity contribution < 1.29 is 42.2 Å². The van der Waals surface area contributed by atoms with Crippen LogP contribution in [-0.2, 0) is 19.2 Å². The minimum Gasteiger partial charge on any atom is -0.395 e. The van der Waals surface area contributed by atoms with Gasteiger partial charge in [0.25, 0.3) is 11.8 Å². The molecule has 0 radical (unpaired) electrons. The molecule has 11 nitrogen and oxygen atoms in total. The highest BCUT2D eigenvalue weighted by molar-refractivity contribution is 6.38. The average molecular weight is 593 g/mol. The average Bonchev–Trinajstić information content (AvgIpc) is 3.46. The fourth-order valence-corrected chi connectivity index (χ4v) is 5.54. The van der Waals surface area contributed by atoms with E-state index in [1.54, 1.807) is 20.8 Å². The molecule has 2 fully saturated rings. The zero-order valence-electron chi connectivity index (χ0n) is 24.0. The van der Waals surface area contributed by atoms with Crippen molar-refractivity contribution >= 4 is 29.4 Å². The summed E-state index contributed by atoms with van der Waals surface area (Å²) in [7, 11) is 0. The van der Waals surface area contributed by atoms with Gasteiger partial charge in [-0.15, -0.1) is 8.78 Å². The van der Waals surface area contributed by atoms with Crippen LogP contribution in [0.15, 0.2) is 18.2 Å². The van der Waals surface area contributed by atoms with Crippen LogP contribution in [0.3, 0.4) is 0 Å². The van der Waals surface area contributed by atoms with Gasteiger partial charge in [-0.1, -0.05) is 32.1 Å². The molecule has 1 saturated heterocycles. The number of ketones is 1. The summed E-state index contributed by atoms with van der Waals surface area (Å²) < 4.78 is 35.8. The Hall–Kier alpha value is -3.77. The fraction of sp³-hybridized carbons (Fsp3) is 0.621. The number of carbonyl (C=O) groups is 5. The van der Waals surface area contributed by atoms with Gasteiger partial charge in [0, 0.05) is 23.6 Å². The first-order valence-corrected chi connectivity index (χ1v) is 14.4. The highest BCUT2D eigenvalue weighted by atomic mass is 19.3. The molecule has 3 atom stereocenters. The molecule has 4 N–H and O–H groups in total. The van der Waals surface area contributed by atoms with E-state index in [9.17, 15) is 32.8 Å². The first kappa shape index (κ1) is 31.2. The first-order valence-electron chi connectivity index (χ1n) is 14.4. The Kier molecular flexibility index (Phi) is 9.37. The van der Waals surface area contributed by atoms with E-state index < -0.39 is 53.3 Å². The largest absolute Gasteiger partial charge is 0.586 e. The highest BCUT2D eigenvalue weighted by Crippen LogP contribution is 2.41. The zero-order valence-corrected chi connectivity index (χ0v) is 24.0. The number of nitrogens with one attached hydrogen (secondary N) is 4. The van der Waals surface area contributed by atoms with Crippen LogP contribution in [0.4, 0.5) is 8.78 Å². The number of carbonyl (C=O) groups excluding carboxylic acids is 5. The van der Waals surface area contributed by atoms with E-state index in [-0.39, 0.29) is 41.7 Å². The van der Waals surface area contributed by atoms with Crippen LogP contribution in [-0.4, -0.2) is 59.9 Å². The number of ether oxygens (including phenoxy) is 2. The Morgan fingerprint density at radius 1 is 0.976 bits per heavy atom. The second-order valence-electron chi connectivity index (χ2n) is 12.2. The molecule has 1 aromatic carbocycles. The van der Waals surface area contributed by atoms with Crippen molar-refractivity contribution in [3.63, 3.8) is 0 Å². The Balaban J connectivity index is 1.53. The van der Waals surface area contributed by atoms with Gasteiger partial charge < -0.3 is 30.7 Å². The van der Waals surface area contributed by atoms with Crippen LogP contribution in [0.25, 0.3) is 0 Å². The van der Waals surface area contributed by atoms with Crippen molar-refractivity contribution in [2.24, 2.45) is 11.8 Å². The normalized spacial score (nSPS) is 21.2. The Labute approximate surface area is 242 Å². The minimum atomic E-state index is -3.85. The van der Waals surface area contributed by atoms with Gasteiger partial charge in [-0.2, -0.15) is 0 Å². The third-order valence-corrected chi connectivity index (χ3v) is 7.61. The molecule has 2 heterocycles. The van der Waals surface area contributed by atoms with Crippen LogP contribution in [0.1, 0.15) is 82.5 Å². The van der Waals surface area contributed by atoms with Crippen LogP contribution < -0.4 is 30.7 Å². The number of hydrogen-bond acceptors (Lipinski definition) is 7. The van der Waals surface area contributed by atoms with E-state index in [4.69, 9.17) is 0 Å². The molecule has 230 valence electrons. The van der Waals surface area contributed by atoms with E-state index in [2.05, 4.69) is 30.7 Å². The summed E-state index contributed by atoms with van der Waals surface area (Å²) in [5.41, 5.74) is -0.741. The lowest BCUT2D eigenvalue weighted by atomic mass is 9.84. The summed E-state index contributed by atoms with van der Waals surface area (Å²) in [6, 6.07) is 1.16. The van der Waals surface area contributed by atoms with Crippen molar-refractivity contribution in [2.45, 2.75) is 96.1 Å². The second-order valence-corrected chi connectivity index (χ2v) is 12.2. The predicted octanol–water partition coefficient (Wildman–Crippen LogP) is 2.57. The molecule has 0 aromatic heterocycles. The summed E-state index contributed by atoms with van der Waals surface area (Å²) in [4.78, 5) is 65.2. The smallest absolute Gasteiger partial charge is 0.395 e. The number of alkyl halides is 2. The molecular weight excluding hydrogens is 554 g/mol. The summed E-state index contributed by atoms with van der Waals surface area (Å²) >= 11 is 0. The maximum atomic E-state index is 13.7. The Bertz CT molecular complexity index is 1230. The van der Waals surface area contributed by atoms with E-state index in [0.717, 1.165) is 38.2 Å². The molecule has 0 unspecified atom stereocenters. The number of fused-ring (bicyclic) bond motifs is 1. The van der Waals surface area contributed by atoms with Crippen LogP contribution >= 0.6 is 0 Å². The number of benzene rings is 1. The third-order valence-electron chi connectivity index (χ3n) is 7.61. The molecule has 2 aliphatic heterocycles. The van der Waals surface area contributed by atoms with E-state index in [1.807, 2.05) is 0 Å². The van der Waals surface area contributed by atoms with Crippen LogP contribution in [0.5, 0.6) is 11.5 Å². The molecule has 4 amide bonds. The lowest BCUT2D eigenvalue weighted by molar-refractivity contribution is -0.286. The topological polar surface area (TPSA) is 152 Å². The van der Waals surface area contributed by atoms with Crippen molar-refractivity contribution in [1.29, 1.82) is 0 Å². The Morgan fingerprint density at radius 2 is 1.67 bits per heavy atom. The molecule has 0 bridgehead atoms. The fourth-order valence-electron chi connectivity index (χ4n) is 5.54. The van der Waals surface area contributed by atoms with Crippen molar-refractivity contribution in [3.05, 3.63) is 23.8 Å². The molecule has 1 saturated carbocycles. The number of Topliss-reactive ketones (excluding diaryl/α,β-unsaturated/α-hetero) is 1. The van der Waals surface area contributed by atoms with E-state index in [0.29, 0.717) is 13.0 Å². The molecule has 1 aliphatic carbocycles. The molecule has 0 spiro atoms. The zero-order chi connectivity index (χ0) is 30.7. The lowest BCUT2D eigenvalue weighted by Gasteiger charge is -2.29. The van der Waals surface area contributed by atoms with Crippen molar-refractivity contribution in [1.82, 2.24) is 21.3 Å². The van der Waals surface area contributed by atoms with Crippen LogP contribution in [0, 0.1) is 11.8 Å². The molecule has 1 aromatic rings. The van der Waals surface area contributed by atoms with Crippen LogP contribution in [0.2, 0.25) is 0 Å². The predicted molar refractivity (Wildman–Crippen MR) is 146 cm³/mol. The first-order chi connectivity index (χ1) is 19.7. The molecule has 3 aliphatic rings. The quantitative estimate of drug-likeness (QED) is 0.305. The molecule has 42 heavy (non-hydrogen) atoms. The standard InChI is InChI=1S/C29H38F2N4O7/c1-28(2,3)35-27(40)23(36)19(14-18-11-12-32-24(18)37)33-26(39)20(13-16-7-5-4-6-8-16)34-25(38)17-9-10-21-22(15-17)42-29(30,31)41-21/h9-10,15-16,18-20H,4-8,11-14H2,1-3H3,(H,32,37)(H,33,39)(H,34,38)(H,35,40)/t18-,19-,20-/m0/s1. The maximum absolute atomic E-state index is 13.7. The highest BCUT2D eigenvalue weighted by Gasteiger charge is 2.44. The molecular formula is C29H38F2N4O7. The van der Waals surface area contributed by atoms with E-state index >= 15 is 0 Å². The summed E-state index contributed by atoms with van der Waals surface area (Å²) in [6.07, 6.45) is 1.55. The third kappa shape index (κ3) is 8.16. The monoisotopic (exact) mass is 592 g/mol. The van der Waals surface area contributed by atoms with Gasteiger partial charge in [0.15, 0.2) is 11.5 Å². The van der Waals surface area contributed by atoms with Gasteiger partial charge in [-0.3, -0.25) is 24.0 Å². The minimum absolute atomic E-state index is 0.0312. The Morgan fingerprint density at radius 3 is 2.31 bits per heavy atom. The maximum Gasteiger partial charge on any atom is 0.586 e. The summed E-state index contributed by atoms with van der Waals surface area (Å²) in [5.74, 6) is -4.42. The lowest BCUT2D eigenvalue weighted by Crippen LogP contribution is -2.56. The van der Waals surface area contributed by atoms with Gasteiger partial charge in [-0.05, 0) is 64.2 Å². The van der Waals surface area contributed by atoms with Gasteiger partial charge in [0.1, 0.15) is 6.04 Å². The molecule has 4 rings (SSSR count). The van der Waals surface area contributed by atoms with Gasteiger partial charge >= 0.3 is 6.29 Å². The van der Waals surface area contributed by atoms with Crippen molar-refractivity contribution in [2.75, 3.05) is 6.54 Å². The molecule has 13 heteroatoms. The SMILES string of the molecule is CC(C)(C)NC(=O)C(=O)[C@H](C[C@@H]1CCNC1=O)NC(=O)[C@H](CC1CCCCC1)NC(=O)c1ccc2c(c1)OC(F)(F)O2.